The van der Waals surface area contributed by atoms with Gasteiger partial charge in [0.15, 0.2) is 11.5 Å². The molecule has 1 unspecified atom stereocenters. The number of anilines is 1. The van der Waals surface area contributed by atoms with E-state index < -0.39 is 11.4 Å². The number of aromatic nitrogens is 1. The van der Waals surface area contributed by atoms with E-state index in [0.717, 1.165) is 47.2 Å². The van der Waals surface area contributed by atoms with E-state index in [9.17, 15) is 9.18 Å². The van der Waals surface area contributed by atoms with Crippen molar-refractivity contribution in [1.82, 2.24) is 4.98 Å². The zero-order valence-corrected chi connectivity index (χ0v) is 18.3. The van der Waals surface area contributed by atoms with Crippen molar-refractivity contribution in [3.8, 4) is 28.4 Å². The molecule has 3 aromatic rings. The normalized spacial score (nSPS) is 19.7. The standard InChI is InChI=1S/C26H23FN2O4/c1-2-3-4-10-29-19-7-5-6-17(16-8-9-23(27)28-13-16)24(19)26(25(29)30)14-31-20-12-22-21(11-18(20)26)32-15-33-22/h5-9,11-13H,2-4,10,14-15H2,1H3. The van der Waals surface area contributed by atoms with Gasteiger partial charge in [-0.3, -0.25) is 4.79 Å². The molecule has 0 N–H and O–H groups in total. The molecule has 0 aliphatic carbocycles. The number of pyridine rings is 1. The van der Waals surface area contributed by atoms with Crippen LogP contribution in [-0.4, -0.2) is 30.8 Å². The molecule has 2 aromatic carbocycles. The molecule has 1 spiro atoms. The minimum absolute atomic E-state index is 0.00580. The summed E-state index contributed by atoms with van der Waals surface area (Å²) in [6.45, 7) is 3.11. The summed E-state index contributed by atoms with van der Waals surface area (Å²) in [5, 5.41) is 0. The highest BCUT2D eigenvalue weighted by atomic mass is 19.1. The number of hydrogen-bond acceptors (Lipinski definition) is 5. The summed E-state index contributed by atoms with van der Waals surface area (Å²) in [5.74, 6) is 1.31. The van der Waals surface area contributed by atoms with Gasteiger partial charge in [-0.2, -0.15) is 4.39 Å². The monoisotopic (exact) mass is 446 g/mol. The fourth-order valence-electron chi connectivity index (χ4n) is 5.20. The summed E-state index contributed by atoms with van der Waals surface area (Å²) in [7, 11) is 0. The average Bonchev–Trinajstić information content (AvgIpc) is 3.50. The van der Waals surface area contributed by atoms with Crippen LogP contribution in [0.4, 0.5) is 10.1 Å². The summed E-state index contributed by atoms with van der Waals surface area (Å²) in [6, 6.07) is 12.6. The van der Waals surface area contributed by atoms with Crippen molar-refractivity contribution in [2.75, 3.05) is 24.8 Å². The molecule has 168 valence electrons. The van der Waals surface area contributed by atoms with Crippen molar-refractivity contribution in [2.24, 2.45) is 0 Å². The number of fused-ring (bicyclic) bond motifs is 5. The second kappa shape index (κ2) is 7.47. The molecular formula is C26H23FN2O4. The summed E-state index contributed by atoms with van der Waals surface area (Å²) in [5.41, 5.74) is 3.11. The molecule has 1 atom stereocenters. The Morgan fingerprint density at radius 2 is 1.91 bits per heavy atom. The van der Waals surface area contributed by atoms with E-state index in [0.29, 0.717) is 23.8 Å². The first-order chi connectivity index (χ1) is 16.1. The van der Waals surface area contributed by atoms with Crippen LogP contribution >= 0.6 is 0 Å². The van der Waals surface area contributed by atoms with Gasteiger partial charge in [0.25, 0.3) is 0 Å². The smallest absolute Gasteiger partial charge is 0.245 e. The van der Waals surface area contributed by atoms with Crippen LogP contribution in [0.25, 0.3) is 11.1 Å². The maximum atomic E-state index is 14.2. The van der Waals surface area contributed by atoms with Gasteiger partial charge in [0.1, 0.15) is 17.8 Å². The highest BCUT2D eigenvalue weighted by Crippen LogP contribution is 2.57. The Bertz CT molecular complexity index is 1260. The van der Waals surface area contributed by atoms with Crippen molar-refractivity contribution < 1.29 is 23.4 Å². The zero-order valence-electron chi connectivity index (χ0n) is 18.3. The van der Waals surface area contributed by atoms with Gasteiger partial charge >= 0.3 is 0 Å². The molecule has 1 aromatic heterocycles. The Balaban J connectivity index is 1.58. The predicted molar refractivity (Wildman–Crippen MR) is 120 cm³/mol. The van der Waals surface area contributed by atoms with Gasteiger partial charge in [-0.25, -0.2) is 4.98 Å². The number of rotatable bonds is 5. The minimum Gasteiger partial charge on any atom is -0.491 e. The fourth-order valence-corrected chi connectivity index (χ4v) is 5.20. The Morgan fingerprint density at radius 1 is 1.06 bits per heavy atom. The van der Waals surface area contributed by atoms with Crippen LogP contribution in [0.15, 0.2) is 48.7 Å². The molecule has 7 heteroatoms. The van der Waals surface area contributed by atoms with Gasteiger partial charge in [-0.1, -0.05) is 31.9 Å². The lowest BCUT2D eigenvalue weighted by molar-refractivity contribution is -0.122. The maximum absolute atomic E-state index is 14.2. The molecule has 6 rings (SSSR count). The summed E-state index contributed by atoms with van der Waals surface area (Å²) < 4.78 is 30.8. The second-order valence-corrected chi connectivity index (χ2v) is 8.63. The number of hydrogen-bond donors (Lipinski definition) is 0. The van der Waals surface area contributed by atoms with Gasteiger partial charge < -0.3 is 19.1 Å². The number of ether oxygens (including phenoxy) is 3. The lowest BCUT2D eigenvalue weighted by Crippen LogP contribution is -2.43. The molecule has 0 saturated heterocycles. The van der Waals surface area contributed by atoms with E-state index in [-0.39, 0.29) is 19.3 Å². The average molecular weight is 446 g/mol. The molecule has 0 fully saturated rings. The van der Waals surface area contributed by atoms with Crippen LogP contribution < -0.4 is 19.1 Å². The molecular weight excluding hydrogens is 423 g/mol. The van der Waals surface area contributed by atoms with Crippen molar-refractivity contribution in [2.45, 2.75) is 31.6 Å². The topological polar surface area (TPSA) is 60.9 Å². The number of carbonyl (C=O) groups excluding carboxylic acids is 1. The second-order valence-electron chi connectivity index (χ2n) is 8.63. The van der Waals surface area contributed by atoms with E-state index >= 15 is 0 Å². The van der Waals surface area contributed by atoms with Crippen molar-refractivity contribution in [3.05, 3.63) is 65.7 Å². The predicted octanol–water partition coefficient (Wildman–Crippen LogP) is 4.83. The Labute approximate surface area is 190 Å². The van der Waals surface area contributed by atoms with E-state index in [1.165, 1.54) is 12.3 Å². The van der Waals surface area contributed by atoms with Crippen LogP contribution in [-0.2, 0) is 10.2 Å². The first-order valence-corrected chi connectivity index (χ1v) is 11.3. The quantitative estimate of drug-likeness (QED) is 0.415. The van der Waals surface area contributed by atoms with Gasteiger partial charge in [0, 0.05) is 41.2 Å². The molecule has 0 radical (unpaired) electrons. The van der Waals surface area contributed by atoms with Crippen LogP contribution in [0.3, 0.4) is 0 Å². The number of carbonyl (C=O) groups is 1. The van der Waals surface area contributed by atoms with Crippen molar-refractivity contribution >= 4 is 11.6 Å². The Hall–Kier alpha value is -3.61. The molecule has 0 saturated carbocycles. The molecule has 4 heterocycles. The van der Waals surface area contributed by atoms with Gasteiger partial charge in [0.2, 0.25) is 18.6 Å². The SMILES string of the molecule is CCCCCN1C(=O)C2(COc3cc4c(cc32)OCO4)c2c(-c3ccc(F)nc3)cccc21. The lowest BCUT2D eigenvalue weighted by atomic mass is 9.74. The minimum atomic E-state index is -1.01. The first-order valence-electron chi connectivity index (χ1n) is 11.3. The molecule has 0 bridgehead atoms. The van der Waals surface area contributed by atoms with E-state index in [4.69, 9.17) is 14.2 Å². The summed E-state index contributed by atoms with van der Waals surface area (Å²) in [6.07, 6.45) is 4.53. The first kappa shape index (κ1) is 20.0. The van der Waals surface area contributed by atoms with Crippen LogP contribution in [0.1, 0.15) is 37.3 Å². The third-order valence-electron chi connectivity index (χ3n) is 6.77. The highest BCUT2D eigenvalue weighted by molar-refractivity contribution is 6.13. The van der Waals surface area contributed by atoms with Crippen LogP contribution in [0.5, 0.6) is 17.2 Å². The molecule has 1 amide bonds. The highest BCUT2D eigenvalue weighted by Gasteiger charge is 2.58. The number of unbranched alkanes of at least 4 members (excludes halogenated alkanes) is 2. The fraction of sp³-hybridized carbons (Fsp3) is 0.308. The summed E-state index contributed by atoms with van der Waals surface area (Å²) >= 11 is 0. The van der Waals surface area contributed by atoms with Crippen molar-refractivity contribution in [1.29, 1.82) is 0 Å². The van der Waals surface area contributed by atoms with E-state index in [2.05, 4.69) is 11.9 Å². The largest absolute Gasteiger partial charge is 0.491 e. The van der Waals surface area contributed by atoms with Gasteiger partial charge in [0.05, 0.1) is 0 Å². The van der Waals surface area contributed by atoms with Crippen LogP contribution in [0, 0.1) is 5.95 Å². The van der Waals surface area contributed by atoms with Gasteiger partial charge in [-0.05, 0) is 36.2 Å². The number of benzene rings is 2. The van der Waals surface area contributed by atoms with E-state index in [1.54, 1.807) is 12.1 Å². The lowest BCUT2D eigenvalue weighted by Gasteiger charge is -2.24. The number of amides is 1. The molecule has 33 heavy (non-hydrogen) atoms. The molecule has 3 aliphatic heterocycles. The Kier molecular flexibility index (Phi) is 4.54. The number of nitrogens with zero attached hydrogens (tertiary/aromatic N) is 2. The Morgan fingerprint density at radius 3 is 2.70 bits per heavy atom. The third kappa shape index (κ3) is 2.84. The molecule has 3 aliphatic rings. The summed E-state index contributed by atoms with van der Waals surface area (Å²) in [4.78, 5) is 19.9. The van der Waals surface area contributed by atoms with Gasteiger partial charge in [-0.15, -0.1) is 0 Å². The number of halogens is 1. The van der Waals surface area contributed by atoms with Crippen molar-refractivity contribution in [3.63, 3.8) is 0 Å². The van der Waals surface area contributed by atoms with Crippen LogP contribution in [0.2, 0.25) is 0 Å². The maximum Gasteiger partial charge on any atom is 0.245 e. The third-order valence-corrected chi connectivity index (χ3v) is 6.77. The van der Waals surface area contributed by atoms with E-state index in [1.807, 2.05) is 29.2 Å². The molecule has 6 nitrogen and oxygen atoms in total. The zero-order chi connectivity index (χ0) is 22.6.